The highest BCUT2D eigenvalue weighted by Crippen LogP contribution is 2.25. The minimum atomic E-state index is 0.695. The van der Waals surface area contributed by atoms with Crippen LogP contribution < -0.4 is 9.80 Å². The molecule has 0 N–H and O–H groups in total. The summed E-state index contributed by atoms with van der Waals surface area (Å²) in [6, 6.07) is 0. The summed E-state index contributed by atoms with van der Waals surface area (Å²) in [7, 11) is 0. The molecule has 0 radical (unpaired) electrons. The van der Waals surface area contributed by atoms with Gasteiger partial charge in [0.1, 0.15) is 5.82 Å². The smallest absolute Gasteiger partial charge is 0.227 e. The lowest BCUT2D eigenvalue weighted by Crippen LogP contribution is -2.37. The van der Waals surface area contributed by atoms with Gasteiger partial charge in [-0.1, -0.05) is 0 Å². The molecule has 0 atom stereocenters. The Morgan fingerprint density at radius 2 is 2.12 bits per heavy atom. The Morgan fingerprint density at radius 1 is 1.29 bits per heavy atom. The Balaban J connectivity index is 1.89. The molecule has 0 aliphatic carbocycles. The van der Waals surface area contributed by atoms with Gasteiger partial charge in [-0.15, -0.1) is 0 Å². The van der Waals surface area contributed by atoms with Crippen LogP contribution in [0.3, 0.4) is 0 Å². The molecule has 90 valence electrons. The summed E-state index contributed by atoms with van der Waals surface area (Å²) in [6.07, 6.45) is 3.51. The zero-order valence-electron chi connectivity index (χ0n) is 9.50. The molecular formula is C11H14N4O2. The number of hydrogen-bond acceptors (Lipinski definition) is 5. The van der Waals surface area contributed by atoms with Crippen LogP contribution >= 0.6 is 0 Å². The van der Waals surface area contributed by atoms with E-state index in [9.17, 15) is 4.79 Å². The highest BCUT2D eigenvalue weighted by molar-refractivity contribution is 5.77. The predicted molar refractivity (Wildman–Crippen MR) is 62.2 cm³/mol. The quantitative estimate of drug-likeness (QED) is 0.665. The molecule has 1 aromatic rings. The largest absolute Gasteiger partial charge is 0.378 e. The van der Waals surface area contributed by atoms with E-state index in [2.05, 4.69) is 14.9 Å². The van der Waals surface area contributed by atoms with Crippen molar-refractivity contribution in [3.63, 3.8) is 0 Å². The zero-order valence-corrected chi connectivity index (χ0v) is 9.50. The van der Waals surface area contributed by atoms with Gasteiger partial charge in [0.05, 0.1) is 13.2 Å². The Labute approximate surface area is 99.2 Å². The second-order valence-electron chi connectivity index (χ2n) is 4.17. The number of carbonyl (C=O) groups is 1. The molecule has 6 heteroatoms. The van der Waals surface area contributed by atoms with Crippen LogP contribution in [0.4, 0.5) is 11.8 Å². The average molecular weight is 234 g/mol. The number of carbonyl (C=O) groups excluding carboxylic acids is 1. The summed E-state index contributed by atoms with van der Waals surface area (Å²) in [5.41, 5.74) is 1.05. The van der Waals surface area contributed by atoms with Crippen molar-refractivity contribution >= 4 is 18.2 Å². The van der Waals surface area contributed by atoms with Gasteiger partial charge in [-0.2, -0.15) is 4.98 Å². The number of morpholine rings is 1. The first-order valence-corrected chi connectivity index (χ1v) is 5.79. The lowest BCUT2D eigenvalue weighted by atomic mass is 10.3. The fourth-order valence-corrected chi connectivity index (χ4v) is 2.18. The van der Waals surface area contributed by atoms with Crippen LogP contribution in [0, 0.1) is 0 Å². The Hall–Kier alpha value is -1.69. The van der Waals surface area contributed by atoms with Gasteiger partial charge in [-0.25, -0.2) is 4.98 Å². The van der Waals surface area contributed by atoms with Crippen molar-refractivity contribution < 1.29 is 9.53 Å². The van der Waals surface area contributed by atoms with E-state index < -0.39 is 0 Å². The Morgan fingerprint density at radius 3 is 2.88 bits per heavy atom. The van der Waals surface area contributed by atoms with Gasteiger partial charge in [0, 0.05) is 31.4 Å². The van der Waals surface area contributed by atoms with Gasteiger partial charge >= 0.3 is 0 Å². The molecule has 3 rings (SSSR count). The number of rotatable bonds is 2. The summed E-state index contributed by atoms with van der Waals surface area (Å²) in [5.74, 6) is 1.46. The lowest BCUT2D eigenvalue weighted by Gasteiger charge is -2.27. The van der Waals surface area contributed by atoms with E-state index in [0.29, 0.717) is 25.7 Å². The number of nitrogens with zero attached hydrogens (tertiary/aromatic N) is 4. The first-order chi connectivity index (χ1) is 8.38. The molecular weight excluding hydrogens is 220 g/mol. The predicted octanol–water partition coefficient (Wildman–Crippen LogP) is -0.168. The second-order valence-corrected chi connectivity index (χ2v) is 4.17. The highest BCUT2D eigenvalue weighted by Gasteiger charge is 2.23. The summed E-state index contributed by atoms with van der Waals surface area (Å²) in [4.78, 5) is 23.5. The molecule has 1 aromatic heterocycles. The minimum absolute atomic E-state index is 0.695. The molecule has 0 spiro atoms. The summed E-state index contributed by atoms with van der Waals surface area (Å²) in [6.45, 7) is 3.73. The number of aromatic nitrogens is 2. The summed E-state index contributed by atoms with van der Waals surface area (Å²) >= 11 is 0. The average Bonchev–Trinajstić information content (AvgIpc) is 2.81. The molecule has 0 bridgehead atoms. The van der Waals surface area contributed by atoms with Crippen molar-refractivity contribution in [1.82, 2.24) is 9.97 Å². The maximum absolute atomic E-state index is 10.9. The van der Waals surface area contributed by atoms with E-state index in [1.165, 1.54) is 0 Å². The number of amides is 1. The van der Waals surface area contributed by atoms with E-state index in [0.717, 1.165) is 37.3 Å². The summed E-state index contributed by atoms with van der Waals surface area (Å²) in [5, 5.41) is 0. The monoisotopic (exact) mass is 234 g/mol. The molecule has 0 unspecified atom stereocenters. The Bertz CT molecular complexity index is 431. The molecule has 0 aromatic carbocycles. The zero-order chi connectivity index (χ0) is 11.7. The third-order valence-corrected chi connectivity index (χ3v) is 3.14. The maximum atomic E-state index is 10.9. The molecule has 1 saturated heterocycles. The van der Waals surface area contributed by atoms with Crippen LogP contribution in [0.2, 0.25) is 0 Å². The van der Waals surface area contributed by atoms with Crippen molar-refractivity contribution in [2.75, 3.05) is 42.6 Å². The number of hydrogen-bond donors (Lipinski definition) is 0. The van der Waals surface area contributed by atoms with Crippen molar-refractivity contribution in [2.24, 2.45) is 0 Å². The first-order valence-electron chi connectivity index (χ1n) is 5.79. The van der Waals surface area contributed by atoms with E-state index in [1.807, 2.05) is 6.20 Å². The van der Waals surface area contributed by atoms with Gasteiger partial charge < -0.3 is 9.64 Å². The van der Waals surface area contributed by atoms with Crippen LogP contribution in [-0.4, -0.2) is 49.2 Å². The molecule has 17 heavy (non-hydrogen) atoms. The molecule has 2 aliphatic rings. The highest BCUT2D eigenvalue weighted by atomic mass is 16.5. The summed E-state index contributed by atoms with van der Waals surface area (Å²) < 4.78 is 5.29. The van der Waals surface area contributed by atoms with Crippen LogP contribution in [0.15, 0.2) is 6.20 Å². The third kappa shape index (κ3) is 1.84. The van der Waals surface area contributed by atoms with E-state index in [1.54, 1.807) is 4.90 Å². The van der Waals surface area contributed by atoms with Gasteiger partial charge in [0.2, 0.25) is 12.4 Å². The normalized spacial score (nSPS) is 19.3. The van der Waals surface area contributed by atoms with E-state index >= 15 is 0 Å². The van der Waals surface area contributed by atoms with Gasteiger partial charge in [0.25, 0.3) is 0 Å². The van der Waals surface area contributed by atoms with Crippen LogP contribution in [-0.2, 0) is 16.0 Å². The molecule has 1 fully saturated rings. The number of fused-ring (bicyclic) bond motifs is 1. The van der Waals surface area contributed by atoms with Crippen LogP contribution in [0.1, 0.15) is 5.56 Å². The van der Waals surface area contributed by atoms with Gasteiger partial charge in [-0.05, 0) is 6.42 Å². The van der Waals surface area contributed by atoms with E-state index in [-0.39, 0.29) is 0 Å². The minimum Gasteiger partial charge on any atom is -0.378 e. The molecule has 2 aliphatic heterocycles. The standard InChI is InChI=1S/C11H14N4O2/c16-8-15-2-1-9-7-12-11(13-10(9)15)14-3-5-17-6-4-14/h7-8H,1-6H2. The number of ether oxygens (including phenoxy) is 1. The SMILES string of the molecule is O=CN1CCc2cnc(N3CCOCC3)nc21. The fourth-order valence-electron chi connectivity index (χ4n) is 2.18. The Kier molecular flexibility index (Phi) is 2.64. The van der Waals surface area contributed by atoms with Crippen molar-refractivity contribution in [2.45, 2.75) is 6.42 Å². The molecule has 1 amide bonds. The van der Waals surface area contributed by atoms with Gasteiger partial charge in [-0.3, -0.25) is 9.69 Å². The second kappa shape index (κ2) is 4.29. The molecule has 3 heterocycles. The van der Waals surface area contributed by atoms with E-state index in [4.69, 9.17) is 4.74 Å². The van der Waals surface area contributed by atoms with Gasteiger partial charge in [0.15, 0.2) is 0 Å². The first kappa shape index (κ1) is 10.5. The topological polar surface area (TPSA) is 58.6 Å². The lowest BCUT2D eigenvalue weighted by molar-refractivity contribution is -0.107. The van der Waals surface area contributed by atoms with Crippen LogP contribution in [0.5, 0.6) is 0 Å². The fraction of sp³-hybridized carbons (Fsp3) is 0.545. The van der Waals surface area contributed by atoms with Crippen molar-refractivity contribution in [3.05, 3.63) is 11.8 Å². The van der Waals surface area contributed by atoms with Crippen LogP contribution in [0.25, 0.3) is 0 Å². The molecule has 0 saturated carbocycles. The molecule has 6 nitrogen and oxygen atoms in total. The third-order valence-electron chi connectivity index (χ3n) is 3.14. The number of anilines is 2. The maximum Gasteiger partial charge on any atom is 0.227 e. The van der Waals surface area contributed by atoms with Crippen molar-refractivity contribution in [1.29, 1.82) is 0 Å². The van der Waals surface area contributed by atoms with Crippen molar-refractivity contribution in [3.8, 4) is 0 Å².